The van der Waals surface area contributed by atoms with Crippen molar-refractivity contribution in [1.29, 1.82) is 0 Å². The maximum Gasteiger partial charge on any atom is 0.208 e. The molecule has 0 bridgehead atoms. The van der Waals surface area contributed by atoms with Gasteiger partial charge in [0.1, 0.15) is 7.05 Å². The first-order chi connectivity index (χ1) is 20.7. The molecule has 0 saturated carbocycles. The minimum atomic E-state index is 0.964. The summed E-state index contributed by atoms with van der Waals surface area (Å²) >= 11 is 1.84. The molecule has 3 nitrogen and oxygen atoms in total. The van der Waals surface area contributed by atoms with E-state index in [1.165, 1.54) is 60.8 Å². The molecule has 0 aromatic heterocycles. The highest BCUT2D eigenvalue weighted by Gasteiger charge is 2.28. The number of thioether (sulfide) groups is 1. The van der Waals surface area contributed by atoms with E-state index in [1.54, 1.807) is 0 Å². The lowest BCUT2D eigenvalue weighted by Gasteiger charge is -2.28. The van der Waals surface area contributed by atoms with E-state index in [4.69, 9.17) is 0 Å². The van der Waals surface area contributed by atoms with Crippen molar-refractivity contribution in [2.75, 3.05) is 23.9 Å². The Bertz CT molecular complexity index is 1760. The highest BCUT2D eigenvalue weighted by molar-refractivity contribution is 8.03. The number of benzene rings is 4. The van der Waals surface area contributed by atoms with Crippen molar-refractivity contribution < 1.29 is 4.58 Å². The summed E-state index contributed by atoms with van der Waals surface area (Å²) in [5.41, 5.74) is 11.6. The van der Waals surface area contributed by atoms with E-state index >= 15 is 0 Å². The molecule has 1 aliphatic carbocycles. The number of nitrogens with zero attached hydrogens (tertiary/aromatic N) is 3. The van der Waals surface area contributed by atoms with Gasteiger partial charge in [-0.2, -0.15) is 4.58 Å². The topological polar surface area (TPSA) is 9.49 Å². The monoisotopic (exact) mass is 564 g/mol. The summed E-state index contributed by atoms with van der Waals surface area (Å²) in [5.74, 6) is 0. The fourth-order valence-electron chi connectivity index (χ4n) is 6.15. The van der Waals surface area contributed by atoms with Crippen LogP contribution >= 0.6 is 11.8 Å². The number of hydrogen-bond acceptors (Lipinski definition) is 3. The van der Waals surface area contributed by atoms with Crippen molar-refractivity contribution in [3.63, 3.8) is 0 Å². The van der Waals surface area contributed by atoms with Gasteiger partial charge in [0.15, 0.2) is 5.71 Å². The van der Waals surface area contributed by atoms with Crippen LogP contribution in [0.15, 0.2) is 160 Å². The molecule has 0 fully saturated rings. The highest BCUT2D eigenvalue weighted by atomic mass is 32.2. The molecule has 206 valence electrons. The maximum atomic E-state index is 2.44. The van der Waals surface area contributed by atoms with Crippen LogP contribution in [0, 0.1) is 0 Å². The largest absolute Gasteiger partial charge is 0.338 e. The second kappa shape index (κ2) is 11.4. The Kier molecular flexibility index (Phi) is 7.15. The molecule has 4 aromatic carbocycles. The first-order valence-electron chi connectivity index (χ1n) is 14.6. The second-order valence-electron chi connectivity index (χ2n) is 10.9. The van der Waals surface area contributed by atoms with Crippen LogP contribution in [0.1, 0.15) is 18.4 Å². The SMILES string of the molecule is CN1/C(=C/C=C2\CCC(/C=C/C3=[N+](C)c4ccccc4C3)=C2N(c2ccccc2)c2ccccc2)Sc2ccccc21. The molecular formula is C38H34N3S+. The third kappa shape index (κ3) is 4.93. The van der Waals surface area contributed by atoms with Crippen molar-refractivity contribution in [3.8, 4) is 0 Å². The van der Waals surface area contributed by atoms with Crippen LogP contribution in [0.5, 0.6) is 0 Å². The Morgan fingerprint density at radius 2 is 1.40 bits per heavy atom. The molecule has 4 aromatic rings. The van der Waals surface area contributed by atoms with Gasteiger partial charge in [-0.1, -0.05) is 90.6 Å². The number of rotatable bonds is 6. The van der Waals surface area contributed by atoms with Gasteiger partial charge in [-0.05, 0) is 66.5 Å². The molecule has 0 atom stereocenters. The predicted octanol–water partition coefficient (Wildman–Crippen LogP) is 9.41. The third-order valence-corrected chi connectivity index (χ3v) is 9.54. The minimum absolute atomic E-state index is 0.964. The highest BCUT2D eigenvalue weighted by Crippen LogP contribution is 2.46. The third-order valence-electron chi connectivity index (χ3n) is 8.36. The van der Waals surface area contributed by atoms with Crippen LogP contribution in [-0.4, -0.2) is 24.4 Å². The quantitative estimate of drug-likeness (QED) is 0.216. The second-order valence-corrected chi connectivity index (χ2v) is 12.0. The van der Waals surface area contributed by atoms with Crippen molar-refractivity contribution >= 4 is 40.2 Å². The van der Waals surface area contributed by atoms with E-state index in [-0.39, 0.29) is 0 Å². The van der Waals surface area contributed by atoms with Crippen LogP contribution in [0.2, 0.25) is 0 Å². The maximum absolute atomic E-state index is 2.44. The van der Waals surface area contributed by atoms with Gasteiger partial charge in [-0.15, -0.1) is 0 Å². The van der Waals surface area contributed by atoms with Crippen molar-refractivity contribution in [1.82, 2.24) is 0 Å². The van der Waals surface area contributed by atoms with E-state index in [1.807, 2.05) is 11.8 Å². The van der Waals surface area contributed by atoms with Crippen molar-refractivity contribution in [3.05, 3.63) is 161 Å². The van der Waals surface area contributed by atoms with Crippen molar-refractivity contribution in [2.45, 2.75) is 24.2 Å². The Balaban J connectivity index is 1.33. The van der Waals surface area contributed by atoms with Crippen LogP contribution in [0.3, 0.4) is 0 Å². The lowest BCUT2D eigenvalue weighted by Crippen LogP contribution is -2.17. The van der Waals surface area contributed by atoms with Crippen LogP contribution < -0.4 is 9.80 Å². The fraction of sp³-hybridized carbons (Fsp3) is 0.132. The molecule has 4 heteroatoms. The summed E-state index contributed by atoms with van der Waals surface area (Å²) in [6.07, 6.45) is 12.3. The molecule has 0 amide bonds. The fourth-order valence-corrected chi connectivity index (χ4v) is 7.20. The zero-order chi connectivity index (χ0) is 28.5. The molecule has 0 unspecified atom stereocenters. The van der Waals surface area contributed by atoms with Gasteiger partial charge < -0.3 is 9.80 Å². The zero-order valence-corrected chi connectivity index (χ0v) is 24.9. The molecule has 0 N–H and O–H groups in total. The van der Waals surface area contributed by atoms with Gasteiger partial charge in [0.2, 0.25) is 5.69 Å². The van der Waals surface area contributed by atoms with Gasteiger partial charge in [-0.25, -0.2) is 0 Å². The lowest BCUT2D eigenvalue weighted by molar-refractivity contribution is -0.400. The van der Waals surface area contributed by atoms with Gasteiger partial charge in [0.25, 0.3) is 0 Å². The summed E-state index contributed by atoms with van der Waals surface area (Å²) in [7, 11) is 4.34. The van der Waals surface area contributed by atoms with E-state index in [0.29, 0.717) is 0 Å². The summed E-state index contributed by atoms with van der Waals surface area (Å²) in [6, 6.07) is 38.9. The first kappa shape index (κ1) is 26.4. The van der Waals surface area contributed by atoms with Crippen LogP contribution in [0.4, 0.5) is 22.7 Å². The van der Waals surface area contributed by atoms with Crippen LogP contribution in [0.25, 0.3) is 0 Å². The summed E-state index contributed by atoms with van der Waals surface area (Å²) in [6.45, 7) is 0. The standard InChI is InChI=1S/C38H34N3S/c1-39-33(27-30-13-9-10-18-34(30)39)25-23-28-21-22-29(24-26-37-40(2)35-19-11-12-20-36(35)42-37)38(28)41(31-14-5-3-6-15-31)32-16-7-4-8-17-32/h3-20,23-26H,21-22,27H2,1-2H3/q+1. The van der Waals surface area contributed by atoms with E-state index in [0.717, 1.165) is 19.3 Å². The molecule has 0 spiro atoms. The molecule has 0 saturated heterocycles. The lowest BCUT2D eigenvalue weighted by atomic mass is 10.1. The summed E-state index contributed by atoms with van der Waals surface area (Å²) in [5, 5.41) is 1.25. The van der Waals surface area contributed by atoms with E-state index in [9.17, 15) is 0 Å². The molecule has 7 rings (SSSR count). The molecule has 2 aliphatic heterocycles. The number of anilines is 3. The number of hydrogen-bond donors (Lipinski definition) is 0. The van der Waals surface area contributed by atoms with Gasteiger partial charge in [-0.3, -0.25) is 0 Å². The normalized spacial score (nSPS) is 18.1. The smallest absolute Gasteiger partial charge is 0.208 e. The summed E-state index contributed by atoms with van der Waals surface area (Å²) in [4.78, 5) is 6.05. The Hall–Kier alpha value is -4.54. The number of fused-ring (bicyclic) bond motifs is 2. The van der Waals surface area contributed by atoms with Gasteiger partial charge in [0, 0.05) is 41.0 Å². The Labute approximate surface area is 253 Å². The molecule has 0 radical (unpaired) electrons. The van der Waals surface area contributed by atoms with E-state index in [2.05, 4.69) is 162 Å². The predicted molar refractivity (Wildman–Crippen MR) is 178 cm³/mol. The number of allylic oxidation sites excluding steroid dienone is 6. The molecular weight excluding hydrogens is 531 g/mol. The average molecular weight is 565 g/mol. The molecule has 2 heterocycles. The van der Waals surface area contributed by atoms with E-state index < -0.39 is 0 Å². The Morgan fingerprint density at radius 3 is 2.12 bits per heavy atom. The van der Waals surface area contributed by atoms with Crippen molar-refractivity contribution in [2.24, 2.45) is 0 Å². The van der Waals surface area contributed by atoms with Gasteiger partial charge in [0.05, 0.1) is 22.8 Å². The minimum Gasteiger partial charge on any atom is -0.338 e. The van der Waals surface area contributed by atoms with Gasteiger partial charge >= 0.3 is 0 Å². The molecule has 42 heavy (non-hydrogen) atoms. The number of para-hydroxylation sites is 4. The average Bonchev–Trinajstić information content (AvgIpc) is 3.69. The zero-order valence-electron chi connectivity index (χ0n) is 24.1. The summed E-state index contributed by atoms with van der Waals surface area (Å²) < 4.78 is 2.33. The molecule has 3 aliphatic rings. The Morgan fingerprint density at radius 1 is 0.738 bits per heavy atom. The first-order valence-corrected chi connectivity index (χ1v) is 15.4. The van der Waals surface area contributed by atoms with Crippen LogP contribution in [-0.2, 0) is 6.42 Å².